The topological polar surface area (TPSA) is 92.2 Å². The second kappa shape index (κ2) is 5.72. The Labute approximate surface area is 109 Å². The van der Waals surface area contributed by atoms with Crippen LogP contribution in [0.25, 0.3) is 0 Å². The first-order valence-corrected chi connectivity index (χ1v) is 5.55. The lowest BCUT2D eigenvalue weighted by Gasteiger charge is -2.06. The van der Waals surface area contributed by atoms with Gasteiger partial charge in [-0.3, -0.25) is 4.79 Å². The van der Waals surface area contributed by atoms with E-state index in [-0.39, 0.29) is 11.4 Å². The van der Waals surface area contributed by atoms with E-state index in [1.807, 2.05) is 30.3 Å². The molecule has 1 amide bonds. The van der Waals surface area contributed by atoms with Crippen LogP contribution in [0.2, 0.25) is 0 Å². The van der Waals surface area contributed by atoms with Crippen LogP contribution in [0.1, 0.15) is 26.5 Å². The molecule has 6 heteroatoms. The highest BCUT2D eigenvalue weighted by Gasteiger charge is 2.18. The lowest BCUT2D eigenvalue weighted by molar-refractivity contribution is 0.0683. The summed E-state index contributed by atoms with van der Waals surface area (Å²) in [5.74, 6) is -1.84. The van der Waals surface area contributed by atoms with Gasteiger partial charge in [0.05, 0.1) is 0 Å². The van der Waals surface area contributed by atoms with E-state index in [0.29, 0.717) is 6.54 Å². The third-order valence-electron chi connectivity index (χ3n) is 2.41. The lowest BCUT2D eigenvalue weighted by atomic mass is 10.2. The van der Waals surface area contributed by atoms with Crippen LogP contribution in [0.3, 0.4) is 0 Å². The second-order valence-electron chi connectivity index (χ2n) is 3.73. The highest BCUT2D eigenvalue weighted by atomic mass is 16.4. The number of nitrogens with one attached hydrogen (secondary N) is 1. The molecular weight excluding hydrogens is 246 g/mol. The Kier molecular flexibility index (Phi) is 3.82. The zero-order valence-electron chi connectivity index (χ0n) is 9.91. The van der Waals surface area contributed by atoms with Gasteiger partial charge < -0.3 is 10.4 Å². The van der Waals surface area contributed by atoms with Crippen molar-refractivity contribution in [1.29, 1.82) is 0 Å². The van der Waals surface area contributed by atoms with Crippen molar-refractivity contribution in [3.05, 3.63) is 59.7 Å². The fourth-order valence-electron chi connectivity index (χ4n) is 1.52. The monoisotopic (exact) mass is 257 g/mol. The van der Waals surface area contributed by atoms with Crippen LogP contribution >= 0.6 is 0 Å². The summed E-state index contributed by atoms with van der Waals surface area (Å²) in [5.41, 5.74) is 0.371. The molecule has 1 heterocycles. The van der Waals surface area contributed by atoms with Crippen LogP contribution in [0.5, 0.6) is 0 Å². The van der Waals surface area contributed by atoms with Crippen molar-refractivity contribution >= 4 is 11.9 Å². The summed E-state index contributed by atoms with van der Waals surface area (Å²) < 4.78 is 0. The van der Waals surface area contributed by atoms with E-state index in [1.165, 1.54) is 12.4 Å². The first kappa shape index (κ1) is 12.7. The van der Waals surface area contributed by atoms with Crippen LogP contribution in [0, 0.1) is 0 Å². The van der Waals surface area contributed by atoms with Gasteiger partial charge in [-0.1, -0.05) is 30.3 Å². The Morgan fingerprint density at radius 1 is 1.05 bits per heavy atom. The summed E-state index contributed by atoms with van der Waals surface area (Å²) >= 11 is 0. The predicted molar refractivity (Wildman–Crippen MR) is 66.6 cm³/mol. The van der Waals surface area contributed by atoms with Crippen LogP contribution in [-0.4, -0.2) is 27.0 Å². The third kappa shape index (κ3) is 3.12. The predicted octanol–water partition coefficient (Wildman–Crippen LogP) is 1.10. The number of carbonyl (C=O) groups excluding carboxylic acids is 1. The van der Waals surface area contributed by atoms with Crippen molar-refractivity contribution in [2.45, 2.75) is 6.54 Å². The van der Waals surface area contributed by atoms with Gasteiger partial charge in [0.15, 0.2) is 11.4 Å². The quantitative estimate of drug-likeness (QED) is 0.855. The molecule has 0 saturated heterocycles. The maximum Gasteiger partial charge on any atom is 0.356 e. The largest absolute Gasteiger partial charge is 0.476 e. The summed E-state index contributed by atoms with van der Waals surface area (Å²) in [6, 6.07) is 9.29. The number of benzene rings is 1. The normalized spacial score (nSPS) is 9.89. The molecule has 1 aromatic carbocycles. The average molecular weight is 257 g/mol. The SMILES string of the molecule is O=C(O)c1nccnc1C(=O)NCc1ccccc1. The molecule has 19 heavy (non-hydrogen) atoms. The zero-order valence-corrected chi connectivity index (χ0v) is 9.91. The van der Waals surface area contributed by atoms with Gasteiger partial charge in [0.1, 0.15) is 0 Å². The zero-order chi connectivity index (χ0) is 13.7. The van der Waals surface area contributed by atoms with E-state index in [0.717, 1.165) is 5.56 Å². The van der Waals surface area contributed by atoms with Crippen molar-refractivity contribution in [2.24, 2.45) is 0 Å². The van der Waals surface area contributed by atoms with Crippen molar-refractivity contribution in [3.63, 3.8) is 0 Å². The van der Waals surface area contributed by atoms with Gasteiger partial charge in [0.2, 0.25) is 0 Å². The van der Waals surface area contributed by atoms with Gasteiger partial charge in [-0.25, -0.2) is 14.8 Å². The number of carboxylic acid groups (broad SMARTS) is 1. The maximum atomic E-state index is 11.9. The molecule has 0 spiro atoms. The summed E-state index contributed by atoms with van der Waals surface area (Å²) in [6.45, 7) is 0.301. The maximum absolute atomic E-state index is 11.9. The van der Waals surface area contributed by atoms with E-state index in [2.05, 4.69) is 15.3 Å². The Balaban J connectivity index is 2.10. The number of aromatic carboxylic acids is 1. The highest BCUT2D eigenvalue weighted by Crippen LogP contribution is 2.03. The molecule has 0 saturated carbocycles. The molecule has 0 aliphatic carbocycles. The molecular formula is C13H11N3O3. The molecule has 0 aliphatic heterocycles. The number of carbonyl (C=O) groups is 2. The molecule has 0 fully saturated rings. The molecule has 6 nitrogen and oxygen atoms in total. The van der Waals surface area contributed by atoms with Gasteiger partial charge >= 0.3 is 5.97 Å². The van der Waals surface area contributed by atoms with Gasteiger partial charge in [-0.05, 0) is 5.56 Å². The molecule has 0 unspecified atom stereocenters. The van der Waals surface area contributed by atoms with E-state index in [4.69, 9.17) is 5.11 Å². The van der Waals surface area contributed by atoms with Crippen molar-refractivity contribution < 1.29 is 14.7 Å². The van der Waals surface area contributed by atoms with Gasteiger partial charge in [0.25, 0.3) is 5.91 Å². The van der Waals surface area contributed by atoms with Gasteiger partial charge in [-0.2, -0.15) is 0 Å². The molecule has 96 valence electrons. The Hall–Kier alpha value is -2.76. The minimum Gasteiger partial charge on any atom is -0.476 e. The first-order valence-electron chi connectivity index (χ1n) is 5.55. The summed E-state index contributed by atoms with van der Waals surface area (Å²) in [7, 11) is 0. The van der Waals surface area contributed by atoms with Crippen LogP contribution < -0.4 is 5.32 Å². The minimum absolute atomic E-state index is 0.189. The number of hydrogen-bond donors (Lipinski definition) is 2. The van der Waals surface area contributed by atoms with Crippen LogP contribution in [0.4, 0.5) is 0 Å². The number of nitrogens with zero attached hydrogens (tertiary/aromatic N) is 2. The molecule has 2 N–H and O–H groups in total. The average Bonchev–Trinajstić information content (AvgIpc) is 2.46. The summed E-state index contributed by atoms with van der Waals surface area (Å²) in [6.07, 6.45) is 2.52. The molecule has 1 aromatic heterocycles. The first-order chi connectivity index (χ1) is 9.18. The fourth-order valence-corrected chi connectivity index (χ4v) is 1.52. The number of carboxylic acids is 1. The molecule has 0 atom stereocenters. The van der Waals surface area contributed by atoms with E-state index in [1.54, 1.807) is 0 Å². The van der Waals surface area contributed by atoms with Crippen molar-refractivity contribution in [3.8, 4) is 0 Å². The van der Waals surface area contributed by atoms with E-state index >= 15 is 0 Å². The minimum atomic E-state index is -1.28. The summed E-state index contributed by atoms with van der Waals surface area (Å²) in [5, 5.41) is 11.5. The number of amides is 1. The molecule has 0 radical (unpaired) electrons. The summed E-state index contributed by atoms with van der Waals surface area (Å²) in [4.78, 5) is 30.2. The Morgan fingerprint density at radius 3 is 2.32 bits per heavy atom. The Morgan fingerprint density at radius 2 is 1.68 bits per heavy atom. The van der Waals surface area contributed by atoms with Crippen LogP contribution in [-0.2, 0) is 6.54 Å². The second-order valence-corrected chi connectivity index (χ2v) is 3.73. The fraction of sp³-hybridized carbons (Fsp3) is 0.0769. The van der Waals surface area contributed by atoms with Crippen LogP contribution in [0.15, 0.2) is 42.7 Å². The smallest absolute Gasteiger partial charge is 0.356 e. The molecule has 0 bridgehead atoms. The molecule has 2 rings (SSSR count). The Bertz CT molecular complexity index is 599. The number of aromatic nitrogens is 2. The van der Waals surface area contributed by atoms with Gasteiger partial charge in [0, 0.05) is 18.9 Å². The number of hydrogen-bond acceptors (Lipinski definition) is 4. The standard InChI is InChI=1S/C13H11N3O3/c17-12(16-8-9-4-2-1-3-5-9)10-11(13(18)19)15-7-6-14-10/h1-7H,8H2,(H,16,17)(H,18,19). The van der Waals surface area contributed by atoms with Gasteiger partial charge in [-0.15, -0.1) is 0 Å². The van der Waals surface area contributed by atoms with E-state index < -0.39 is 11.9 Å². The van der Waals surface area contributed by atoms with Crippen molar-refractivity contribution in [2.75, 3.05) is 0 Å². The van der Waals surface area contributed by atoms with Crippen molar-refractivity contribution in [1.82, 2.24) is 15.3 Å². The highest BCUT2D eigenvalue weighted by molar-refractivity contribution is 6.01. The molecule has 2 aromatic rings. The third-order valence-corrected chi connectivity index (χ3v) is 2.41. The lowest BCUT2D eigenvalue weighted by Crippen LogP contribution is -2.26. The van der Waals surface area contributed by atoms with E-state index in [9.17, 15) is 9.59 Å². The molecule has 0 aliphatic rings. The number of rotatable bonds is 4.